The van der Waals surface area contributed by atoms with Crippen LogP contribution in [0.2, 0.25) is 0 Å². The van der Waals surface area contributed by atoms with Gasteiger partial charge in [-0.3, -0.25) is 20.3 Å². The second-order valence-corrected chi connectivity index (χ2v) is 18.7. The van der Waals surface area contributed by atoms with E-state index in [1.165, 1.54) is 50.0 Å². The summed E-state index contributed by atoms with van der Waals surface area (Å²) < 4.78 is 5.67. The molecule has 0 unspecified atom stereocenters. The normalized spacial score (nSPS) is 20.5. The van der Waals surface area contributed by atoms with Gasteiger partial charge in [-0.15, -0.1) is 0 Å². The molecule has 0 bridgehead atoms. The Balaban J connectivity index is 0.669. The quantitative estimate of drug-likeness (QED) is 0.0562. The van der Waals surface area contributed by atoms with Gasteiger partial charge in [0.2, 0.25) is 0 Å². The van der Waals surface area contributed by atoms with Crippen LogP contribution in [0.3, 0.4) is 0 Å². The lowest BCUT2D eigenvalue weighted by Gasteiger charge is -2.36. The topological polar surface area (TPSA) is 132 Å². The second kappa shape index (κ2) is 18.8. The first kappa shape index (κ1) is 42.9. The van der Waals surface area contributed by atoms with Crippen molar-refractivity contribution in [1.29, 1.82) is 0 Å². The fourth-order valence-corrected chi connectivity index (χ4v) is 10.8. The highest BCUT2D eigenvalue weighted by molar-refractivity contribution is 6.32. The Hall–Kier alpha value is -6.02. The average Bonchev–Trinajstić information content (AvgIpc) is 4.17. The Labute approximate surface area is 382 Å². The molecule has 340 valence electrons. The number of nitrogens with one attached hydrogen (secondary N) is 3. The molecule has 13 heteroatoms. The van der Waals surface area contributed by atoms with Crippen LogP contribution in [-0.4, -0.2) is 135 Å². The Morgan fingerprint density at radius 1 is 0.662 bits per heavy atom. The maximum atomic E-state index is 13.2. The van der Waals surface area contributed by atoms with E-state index in [1.54, 1.807) is 0 Å². The monoisotopic (exact) mass is 877 g/mol. The molecule has 10 rings (SSSR count). The van der Waals surface area contributed by atoms with E-state index in [0.29, 0.717) is 18.4 Å². The summed E-state index contributed by atoms with van der Waals surface area (Å²) in [5.41, 5.74) is 16.5. The lowest BCUT2D eigenvalue weighted by molar-refractivity contribution is -0.159. The first-order valence-electron chi connectivity index (χ1n) is 23.8. The van der Waals surface area contributed by atoms with Crippen molar-refractivity contribution in [1.82, 2.24) is 25.1 Å². The predicted octanol–water partition coefficient (Wildman–Crippen LogP) is 6.30. The molecule has 0 spiro atoms. The highest BCUT2D eigenvalue weighted by Gasteiger charge is 2.36. The van der Waals surface area contributed by atoms with E-state index in [1.807, 2.05) is 25.4 Å². The highest BCUT2D eigenvalue weighted by Crippen LogP contribution is 2.41. The number of hydrogen-bond donors (Lipinski definition) is 4. The van der Waals surface area contributed by atoms with Gasteiger partial charge in [-0.2, -0.15) is 0 Å². The summed E-state index contributed by atoms with van der Waals surface area (Å²) in [4.78, 5) is 47.8. The summed E-state index contributed by atoms with van der Waals surface area (Å²) >= 11 is 0. The molecule has 5 atom stereocenters. The number of nitrogens with zero attached hydrogens (tertiary/aromatic N) is 6. The predicted molar refractivity (Wildman–Crippen MR) is 262 cm³/mol. The number of aromatic nitrogens is 2. The van der Waals surface area contributed by atoms with Crippen molar-refractivity contribution in [2.45, 2.75) is 56.8 Å². The zero-order chi connectivity index (χ0) is 44.4. The van der Waals surface area contributed by atoms with Gasteiger partial charge in [0, 0.05) is 147 Å². The van der Waals surface area contributed by atoms with Crippen LogP contribution in [0.5, 0.6) is 0 Å². The van der Waals surface area contributed by atoms with Gasteiger partial charge in [-0.05, 0) is 112 Å². The standard InChI is InChI=1S/C52H64N10O3/c1-36(61-34-40(44-7-3-5-9-48(44)61)17-21-57-23-27-59(28-24-57)42-11-13-46-38(31-42)15-19-54-46)33-56-51(63)52(64)65-50(53)37(2)62-35-41(45-8-4-6-10-49(45)62)18-22-58-25-29-60(30-26-58)43-12-14-47-39(32-43)16-20-55-47/h3-16,19-20,31-32,36-37,40-41,50,54-55H,17-18,21-30,33-35,53H2,1-2H3,(H,56,63)/t36-,37-,40+,41+,50-/m0/s1. The first-order valence-corrected chi connectivity index (χ1v) is 23.8. The lowest BCUT2D eigenvalue weighted by atomic mass is 9.97. The molecule has 65 heavy (non-hydrogen) atoms. The zero-order valence-electron chi connectivity index (χ0n) is 37.9. The Bertz CT molecular complexity index is 2590. The van der Waals surface area contributed by atoms with Gasteiger partial charge in [0.25, 0.3) is 0 Å². The summed E-state index contributed by atoms with van der Waals surface area (Å²) in [6, 6.07) is 34.4. The van der Waals surface area contributed by atoms with Gasteiger partial charge in [-0.25, -0.2) is 4.79 Å². The van der Waals surface area contributed by atoms with Crippen molar-refractivity contribution in [3.05, 3.63) is 121 Å². The van der Waals surface area contributed by atoms with E-state index >= 15 is 0 Å². The van der Waals surface area contributed by atoms with Crippen molar-refractivity contribution in [2.24, 2.45) is 5.73 Å². The molecule has 5 N–H and O–H groups in total. The van der Waals surface area contributed by atoms with Crippen LogP contribution in [0.4, 0.5) is 22.7 Å². The molecule has 6 aromatic rings. The maximum absolute atomic E-state index is 13.2. The number of benzene rings is 4. The van der Waals surface area contributed by atoms with Crippen LogP contribution >= 0.6 is 0 Å². The average molecular weight is 877 g/mol. The number of carbonyl (C=O) groups excluding carboxylic acids is 2. The molecule has 2 fully saturated rings. The van der Waals surface area contributed by atoms with Crippen molar-refractivity contribution in [3.8, 4) is 0 Å². The molecule has 0 aliphatic carbocycles. The van der Waals surface area contributed by atoms with Crippen LogP contribution in [0.1, 0.15) is 49.7 Å². The number of amides is 1. The van der Waals surface area contributed by atoms with Gasteiger partial charge in [0.1, 0.15) is 0 Å². The number of ether oxygens (including phenoxy) is 1. The number of rotatable bonds is 14. The summed E-state index contributed by atoms with van der Waals surface area (Å²) in [5, 5.41) is 5.37. The van der Waals surface area contributed by atoms with Crippen LogP contribution in [0.15, 0.2) is 109 Å². The van der Waals surface area contributed by atoms with Crippen LogP contribution in [0.25, 0.3) is 21.8 Å². The van der Waals surface area contributed by atoms with Crippen molar-refractivity contribution < 1.29 is 14.3 Å². The molecule has 13 nitrogen and oxygen atoms in total. The van der Waals surface area contributed by atoms with E-state index < -0.39 is 18.1 Å². The lowest BCUT2D eigenvalue weighted by Crippen LogP contribution is -2.50. The number of H-pyrrole nitrogens is 2. The number of carbonyl (C=O) groups is 2. The number of anilines is 4. The number of nitrogens with two attached hydrogens (primary N) is 1. The van der Waals surface area contributed by atoms with Crippen molar-refractivity contribution in [3.63, 3.8) is 0 Å². The summed E-state index contributed by atoms with van der Waals surface area (Å²) in [6.45, 7) is 16.3. The Morgan fingerprint density at radius 2 is 1.15 bits per heavy atom. The molecule has 0 saturated carbocycles. The van der Waals surface area contributed by atoms with Gasteiger partial charge in [0.05, 0.1) is 6.04 Å². The minimum Gasteiger partial charge on any atom is -0.437 e. The van der Waals surface area contributed by atoms with Gasteiger partial charge in [0.15, 0.2) is 6.23 Å². The summed E-state index contributed by atoms with van der Waals surface area (Å²) in [5.74, 6) is -0.984. The number of esters is 1. The molecule has 0 radical (unpaired) electrons. The van der Waals surface area contributed by atoms with Crippen molar-refractivity contribution >= 4 is 56.4 Å². The molecule has 4 aromatic carbocycles. The molecular formula is C52H64N10O3. The van der Waals surface area contributed by atoms with Gasteiger partial charge in [-0.1, -0.05) is 36.4 Å². The largest absolute Gasteiger partial charge is 0.437 e. The van der Waals surface area contributed by atoms with E-state index in [9.17, 15) is 9.59 Å². The van der Waals surface area contributed by atoms with E-state index in [4.69, 9.17) is 10.5 Å². The minimum absolute atomic E-state index is 0.0202. The van der Waals surface area contributed by atoms with Crippen LogP contribution in [0, 0.1) is 0 Å². The number of fused-ring (bicyclic) bond motifs is 4. The first-order chi connectivity index (χ1) is 31.8. The number of hydrogen-bond acceptors (Lipinski definition) is 10. The Morgan fingerprint density at radius 3 is 1.69 bits per heavy atom. The molecule has 4 aliphatic rings. The molecule has 2 saturated heterocycles. The third-order valence-electron chi connectivity index (χ3n) is 14.8. The SMILES string of the molecule is C[C@@H](CNC(=O)C(=O)O[C@H](N)[C@H](C)N1C[C@@H](CCN2CCN(c3ccc4[nH]ccc4c3)CC2)c2ccccc21)N1C[C@@H](CCN2CCN(c3ccc4[nH]ccc4c3)CC2)c2ccccc21. The van der Waals surface area contributed by atoms with Crippen molar-refractivity contribution in [2.75, 3.05) is 105 Å². The molecule has 1 amide bonds. The third kappa shape index (κ3) is 9.14. The van der Waals surface area contributed by atoms with Gasteiger partial charge < -0.3 is 39.6 Å². The zero-order valence-corrected chi connectivity index (χ0v) is 37.9. The maximum Gasteiger partial charge on any atom is 0.398 e. The van der Waals surface area contributed by atoms with Gasteiger partial charge >= 0.3 is 11.9 Å². The van der Waals surface area contributed by atoms with Crippen LogP contribution < -0.4 is 30.7 Å². The molecule has 4 aliphatic heterocycles. The fraction of sp³-hybridized carbons (Fsp3) is 0.423. The molecule has 2 aromatic heterocycles. The highest BCUT2D eigenvalue weighted by atomic mass is 16.6. The fourth-order valence-electron chi connectivity index (χ4n) is 10.8. The van der Waals surface area contributed by atoms with E-state index in [0.717, 1.165) is 97.1 Å². The molecule has 6 heterocycles. The minimum atomic E-state index is -0.973. The number of piperazine rings is 2. The third-order valence-corrected chi connectivity index (χ3v) is 14.8. The van der Waals surface area contributed by atoms with E-state index in [2.05, 4.69) is 143 Å². The Kier molecular flexibility index (Phi) is 12.4. The molecular weight excluding hydrogens is 813 g/mol. The number of para-hydroxylation sites is 2. The van der Waals surface area contributed by atoms with Crippen LogP contribution in [-0.2, 0) is 14.3 Å². The smallest absolute Gasteiger partial charge is 0.398 e. The van der Waals surface area contributed by atoms with E-state index in [-0.39, 0.29) is 12.1 Å². The summed E-state index contributed by atoms with van der Waals surface area (Å²) in [7, 11) is 0. The summed E-state index contributed by atoms with van der Waals surface area (Å²) in [6.07, 6.45) is 5.12. The second-order valence-electron chi connectivity index (χ2n) is 18.7. The number of aromatic amines is 2.